The number of nitrogens with one attached hydrogen (secondary N) is 5. The highest BCUT2D eigenvalue weighted by Gasteiger charge is 2.37. The van der Waals surface area contributed by atoms with Crippen molar-refractivity contribution in [3.63, 3.8) is 0 Å². The number of anilines is 3. The molecule has 0 spiro atoms. The molecular formula is C58H69F2N15O4. The number of carbonyl (C=O) groups excluding carboxylic acids is 1. The minimum absolute atomic E-state index is 0.0282. The Morgan fingerprint density at radius 2 is 1.67 bits per heavy atom. The average Bonchev–Trinajstić information content (AvgIpc) is 4.22. The summed E-state index contributed by atoms with van der Waals surface area (Å²) in [7, 11) is 3.52. The van der Waals surface area contributed by atoms with Crippen LogP contribution >= 0.6 is 0 Å². The van der Waals surface area contributed by atoms with E-state index in [1.165, 1.54) is 12.1 Å². The zero-order valence-electron chi connectivity index (χ0n) is 45.4. The van der Waals surface area contributed by atoms with Gasteiger partial charge in [-0.3, -0.25) is 19.1 Å². The number of fused-ring (bicyclic) bond motifs is 4. The number of ether oxygens (including phenoxy) is 3. The van der Waals surface area contributed by atoms with Crippen LogP contribution in [0.25, 0.3) is 32.7 Å². The average molecular weight is 1080 g/mol. The molecule has 414 valence electrons. The van der Waals surface area contributed by atoms with Crippen LogP contribution in [0.1, 0.15) is 64.5 Å². The van der Waals surface area contributed by atoms with Gasteiger partial charge in [0.2, 0.25) is 0 Å². The second-order valence-corrected chi connectivity index (χ2v) is 22.1. The molecule has 4 unspecified atom stereocenters. The number of piperazine rings is 2. The van der Waals surface area contributed by atoms with E-state index >= 15 is 8.78 Å². The zero-order valence-corrected chi connectivity index (χ0v) is 45.4. The van der Waals surface area contributed by atoms with Crippen molar-refractivity contribution in [3.8, 4) is 6.01 Å². The number of aryl methyl sites for hydroxylation is 2. The number of carbonyl (C=O) groups is 1. The fourth-order valence-electron chi connectivity index (χ4n) is 12.5. The number of hydrogen-bond donors (Lipinski definition) is 5. The van der Waals surface area contributed by atoms with Crippen molar-refractivity contribution in [3.05, 3.63) is 120 Å². The van der Waals surface area contributed by atoms with E-state index < -0.39 is 11.9 Å². The van der Waals surface area contributed by atoms with Gasteiger partial charge >= 0.3 is 6.01 Å². The number of halogens is 2. The summed E-state index contributed by atoms with van der Waals surface area (Å²) in [5.41, 5.74) is 7.46. The van der Waals surface area contributed by atoms with E-state index in [0.29, 0.717) is 78.8 Å². The molecule has 0 radical (unpaired) electrons. The van der Waals surface area contributed by atoms with Crippen LogP contribution in [0.3, 0.4) is 0 Å². The molecule has 0 bridgehead atoms. The van der Waals surface area contributed by atoms with Crippen molar-refractivity contribution in [1.29, 1.82) is 0 Å². The largest absolute Gasteiger partial charge is 0.464 e. The first-order valence-corrected chi connectivity index (χ1v) is 27.7. The third-order valence-corrected chi connectivity index (χ3v) is 15.9. The molecule has 21 heteroatoms. The van der Waals surface area contributed by atoms with Crippen molar-refractivity contribution in [1.82, 2.24) is 55.3 Å². The van der Waals surface area contributed by atoms with Crippen LogP contribution < -0.4 is 36.2 Å². The molecule has 6 atom stereocenters. The van der Waals surface area contributed by atoms with Gasteiger partial charge in [0.25, 0.3) is 11.9 Å². The highest BCUT2D eigenvalue weighted by Crippen LogP contribution is 2.37. The predicted octanol–water partition coefficient (Wildman–Crippen LogP) is 6.93. The van der Waals surface area contributed by atoms with Crippen LogP contribution in [0.2, 0.25) is 0 Å². The second-order valence-electron chi connectivity index (χ2n) is 22.1. The Kier molecular flexibility index (Phi) is 14.4. The first-order valence-electron chi connectivity index (χ1n) is 27.7. The van der Waals surface area contributed by atoms with E-state index in [9.17, 15) is 4.79 Å². The van der Waals surface area contributed by atoms with Gasteiger partial charge in [0.15, 0.2) is 11.6 Å². The van der Waals surface area contributed by atoms with Crippen molar-refractivity contribution in [2.75, 3.05) is 74.6 Å². The van der Waals surface area contributed by atoms with Crippen LogP contribution in [0.15, 0.2) is 107 Å². The normalized spacial score (nSPS) is 23.4. The van der Waals surface area contributed by atoms with E-state index in [2.05, 4.69) is 91.0 Å². The summed E-state index contributed by atoms with van der Waals surface area (Å²) in [5, 5.41) is 27.9. The summed E-state index contributed by atoms with van der Waals surface area (Å²) in [4.78, 5) is 36.3. The Hall–Kier alpha value is -7.62. The van der Waals surface area contributed by atoms with Crippen LogP contribution in [0.5, 0.6) is 6.01 Å². The van der Waals surface area contributed by atoms with Gasteiger partial charge in [-0.15, -0.1) is 0 Å². The lowest BCUT2D eigenvalue weighted by atomic mass is 9.89. The predicted molar refractivity (Wildman–Crippen MR) is 302 cm³/mol. The number of nitrogens with zero attached hydrogens (tertiary/aromatic N) is 10. The van der Waals surface area contributed by atoms with Crippen LogP contribution in [0, 0.1) is 11.6 Å². The number of rotatable bonds is 14. The smallest absolute Gasteiger partial charge is 0.317 e. The van der Waals surface area contributed by atoms with E-state index in [1.54, 1.807) is 35.7 Å². The zero-order chi connectivity index (χ0) is 54.5. The highest BCUT2D eigenvalue weighted by molar-refractivity contribution is 6.07. The maximum Gasteiger partial charge on any atom is 0.317 e. The van der Waals surface area contributed by atoms with Gasteiger partial charge in [0.1, 0.15) is 29.8 Å². The molecular weight excluding hydrogens is 1010 g/mol. The number of aliphatic imine (C=N–C) groups is 1. The monoisotopic (exact) mass is 1080 g/mol. The lowest BCUT2D eigenvalue weighted by molar-refractivity contribution is -0.113. The number of allylic oxidation sites excluding steroid dienone is 2. The van der Waals surface area contributed by atoms with Gasteiger partial charge in [0, 0.05) is 163 Å². The summed E-state index contributed by atoms with van der Waals surface area (Å²) in [6.07, 6.45) is 15.7. The molecule has 4 saturated heterocycles. The number of aromatic nitrogens is 6. The molecule has 1 aliphatic carbocycles. The second kappa shape index (κ2) is 21.9. The Morgan fingerprint density at radius 1 is 0.924 bits per heavy atom. The van der Waals surface area contributed by atoms with Crippen LogP contribution in [-0.4, -0.2) is 147 Å². The lowest BCUT2D eigenvalue weighted by Crippen LogP contribution is -2.57. The molecule has 19 nitrogen and oxygen atoms in total. The Morgan fingerprint density at radius 3 is 2.44 bits per heavy atom. The van der Waals surface area contributed by atoms with E-state index in [1.807, 2.05) is 36.8 Å². The summed E-state index contributed by atoms with van der Waals surface area (Å²) in [6.45, 7) is 16.9. The van der Waals surface area contributed by atoms with Crippen molar-refractivity contribution >= 4 is 61.7 Å². The molecule has 1 amide bonds. The first-order chi connectivity index (χ1) is 38.2. The summed E-state index contributed by atoms with van der Waals surface area (Å²) < 4.78 is 52.0. The van der Waals surface area contributed by atoms with Crippen molar-refractivity contribution < 1.29 is 27.8 Å². The number of amides is 1. The molecule has 5 aliphatic heterocycles. The van der Waals surface area contributed by atoms with E-state index in [0.717, 1.165) is 103 Å². The summed E-state index contributed by atoms with van der Waals surface area (Å²) in [5.74, 6) is -1.28. The fourth-order valence-corrected chi connectivity index (χ4v) is 12.5. The molecule has 12 rings (SSSR count). The molecule has 0 saturated carbocycles. The molecule has 6 aliphatic rings. The molecule has 79 heavy (non-hydrogen) atoms. The third kappa shape index (κ3) is 11.1. The fraction of sp³-hybridized carbons (Fsp3) is 0.448. The maximum atomic E-state index is 15.3. The number of likely N-dealkylation sites (tertiary alicyclic amines) is 1. The molecule has 3 aromatic heterocycles. The first kappa shape index (κ1) is 52.1. The third-order valence-electron chi connectivity index (χ3n) is 15.9. The van der Waals surface area contributed by atoms with Gasteiger partial charge in [-0.2, -0.15) is 15.2 Å². The van der Waals surface area contributed by atoms with Gasteiger partial charge in [-0.25, -0.2) is 18.8 Å². The lowest BCUT2D eigenvalue weighted by Gasteiger charge is -2.41. The standard InChI is InChI=1S/C58H69F2N15O4/c1-33-27-74(28-34(2)63-33)50-12-10-45(56(76)66-40-21-38-31-72(6)70-53(38)49(60)24-40)55-47(50)25-61-57(67-55)78-19-16-73-15-7-8-42(73)22-41-32-75(29-35(3)64-41)51-11-9-44(36(4)65-39-20-37-30-71(5)69-52(37)48(59)23-39)54-46(51)26-62-58(68-54)79-43-13-17-77-18-14-43/h9-12,20-21,23-26,30-31,34-36,41-43,55,63-65H,1,7-8,13-19,22,27-29,32H2,2-6H3,(H,61,67)(H,66,76)/t34-,35+,36?,41?,42?,55?/m0/s1. The van der Waals surface area contributed by atoms with Gasteiger partial charge < -0.3 is 50.6 Å². The van der Waals surface area contributed by atoms with Crippen molar-refractivity contribution in [2.45, 2.75) is 95.2 Å². The summed E-state index contributed by atoms with van der Waals surface area (Å²) in [6, 6.07) is 11.4. The molecule has 3 aromatic carbocycles. The number of benzene rings is 3. The Labute approximate surface area is 457 Å². The summed E-state index contributed by atoms with van der Waals surface area (Å²) >= 11 is 0. The maximum absolute atomic E-state index is 15.3. The van der Waals surface area contributed by atoms with E-state index in [-0.39, 0.29) is 47.5 Å². The molecule has 4 fully saturated rings. The topological polar surface area (TPSA) is 188 Å². The van der Waals surface area contributed by atoms with Gasteiger partial charge in [-0.1, -0.05) is 12.6 Å². The molecule has 6 aromatic rings. The van der Waals surface area contributed by atoms with Crippen LogP contribution in [0.4, 0.5) is 25.8 Å². The Balaban J connectivity index is 0.729. The number of hydrogen-bond acceptors (Lipinski definition) is 16. The minimum atomic E-state index is -0.671. The Bertz CT molecular complexity index is 3460. The molecule has 5 N–H and O–H groups in total. The minimum Gasteiger partial charge on any atom is -0.464 e. The quantitative estimate of drug-likeness (QED) is 0.0755. The van der Waals surface area contributed by atoms with E-state index in [4.69, 9.17) is 29.2 Å². The SMILES string of the molecule is C=C1CN(C2=CC=C(C(=O)Nc3cc(F)c4nn(C)cc4c3)C3N=C(OCCN4CCCC4CC4CN(c5ccc(C(C)Nc6cc(F)c7nn(C)cc7c6)c6nc(OC7CCOCC7)ncc56)C[C@@H](C)N4)NC=C23)C[C@H](C)N1. The number of amidine groups is 1. The van der Waals surface area contributed by atoms with Crippen molar-refractivity contribution in [2.24, 2.45) is 19.1 Å². The van der Waals surface area contributed by atoms with Gasteiger partial charge in [0.05, 0.1) is 31.3 Å². The van der Waals surface area contributed by atoms with Crippen LogP contribution in [-0.2, 0) is 28.4 Å². The van der Waals surface area contributed by atoms with Gasteiger partial charge in [-0.05, 0) is 89.1 Å². The molecule has 8 heterocycles. The highest BCUT2D eigenvalue weighted by atomic mass is 19.1.